The average molecular weight is 261 g/mol. The molecule has 106 valence electrons. The number of hydrogen-bond donors (Lipinski definition) is 1. The lowest BCUT2D eigenvalue weighted by molar-refractivity contribution is 0.183. The maximum absolute atomic E-state index is 5.92. The molecule has 0 bridgehead atoms. The third-order valence-corrected chi connectivity index (χ3v) is 2.57. The molecular formula is C17H27NO. The summed E-state index contributed by atoms with van der Waals surface area (Å²) in [5.41, 5.74) is 6.39. The van der Waals surface area contributed by atoms with Crippen molar-refractivity contribution in [1.29, 1.82) is 0 Å². The molecule has 2 heteroatoms. The van der Waals surface area contributed by atoms with E-state index >= 15 is 0 Å². The standard InChI is InChI=1S/C15H21NO.C2H6/c1-3-5-7-14(8-6-4-2)17-15-11-9-13(16)10-12-15;1-2/h3-4,9-12,14H,1-2,5-8,16H2;1-2H3. The normalized spacial score (nSPS) is 9.42. The van der Waals surface area contributed by atoms with E-state index in [1.54, 1.807) is 0 Å². The maximum atomic E-state index is 5.92. The summed E-state index contributed by atoms with van der Waals surface area (Å²) in [6, 6.07) is 7.52. The molecule has 0 amide bonds. The van der Waals surface area contributed by atoms with E-state index in [0.29, 0.717) is 0 Å². The highest BCUT2D eigenvalue weighted by Gasteiger charge is 2.08. The Balaban J connectivity index is 0.00000154. The molecule has 0 aromatic heterocycles. The molecule has 0 fully saturated rings. The number of nitrogen functional groups attached to an aromatic ring is 1. The van der Waals surface area contributed by atoms with Gasteiger partial charge in [0.25, 0.3) is 0 Å². The van der Waals surface area contributed by atoms with Crippen molar-refractivity contribution >= 4 is 5.69 Å². The zero-order valence-electron chi connectivity index (χ0n) is 12.3. The van der Waals surface area contributed by atoms with E-state index in [2.05, 4.69) is 13.2 Å². The molecule has 0 saturated heterocycles. The van der Waals surface area contributed by atoms with Gasteiger partial charge in [-0.25, -0.2) is 0 Å². The van der Waals surface area contributed by atoms with Gasteiger partial charge in [0, 0.05) is 5.69 Å². The molecule has 19 heavy (non-hydrogen) atoms. The highest BCUT2D eigenvalue weighted by molar-refractivity contribution is 5.41. The Morgan fingerprint density at radius 3 is 1.95 bits per heavy atom. The minimum absolute atomic E-state index is 0.217. The number of anilines is 1. The third kappa shape index (κ3) is 8.09. The number of ether oxygens (including phenoxy) is 1. The summed E-state index contributed by atoms with van der Waals surface area (Å²) < 4.78 is 5.92. The van der Waals surface area contributed by atoms with Crippen LogP contribution in [0, 0.1) is 0 Å². The number of nitrogens with two attached hydrogens (primary N) is 1. The molecule has 0 unspecified atom stereocenters. The van der Waals surface area contributed by atoms with Crippen LogP contribution in [0.3, 0.4) is 0 Å². The van der Waals surface area contributed by atoms with Gasteiger partial charge in [-0.2, -0.15) is 0 Å². The van der Waals surface area contributed by atoms with Crippen LogP contribution in [0.15, 0.2) is 49.6 Å². The Kier molecular flexibility index (Phi) is 10.4. The van der Waals surface area contributed by atoms with E-state index in [9.17, 15) is 0 Å². The molecule has 0 heterocycles. The van der Waals surface area contributed by atoms with Gasteiger partial charge in [-0.15, -0.1) is 13.2 Å². The molecule has 1 aromatic rings. The first-order valence-corrected chi connectivity index (χ1v) is 7.00. The van der Waals surface area contributed by atoms with E-state index in [4.69, 9.17) is 10.5 Å². The molecular weight excluding hydrogens is 234 g/mol. The first-order chi connectivity index (χ1) is 9.26. The maximum Gasteiger partial charge on any atom is 0.119 e. The highest BCUT2D eigenvalue weighted by Crippen LogP contribution is 2.19. The molecule has 0 aliphatic carbocycles. The van der Waals surface area contributed by atoms with Crippen molar-refractivity contribution in [2.45, 2.75) is 45.6 Å². The van der Waals surface area contributed by atoms with Crippen molar-refractivity contribution < 1.29 is 4.74 Å². The van der Waals surface area contributed by atoms with Gasteiger partial charge in [-0.05, 0) is 49.9 Å². The summed E-state index contributed by atoms with van der Waals surface area (Å²) >= 11 is 0. The smallest absolute Gasteiger partial charge is 0.119 e. The predicted molar refractivity (Wildman–Crippen MR) is 85.5 cm³/mol. The highest BCUT2D eigenvalue weighted by atomic mass is 16.5. The second-order valence-corrected chi connectivity index (χ2v) is 4.04. The second-order valence-electron chi connectivity index (χ2n) is 4.04. The molecule has 0 radical (unpaired) electrons. The fraction of sp³-hybridized carbons (Fsp3) is 0.412. The van der Waals surface area contributed by atoms with Gasteiger partial charge in [0.2, 0.25) is 0 Å². The molecule has 2 nitrogen and oxygen atoms in total. The molecule has 1 rings (SSSR count). The van der Waals surface area contributed by atoms with Crippen LogP contribution in [0.2, 0.25) is 0 Å². The Hall–Kier alpha value is -1.70. The first kappa shape index (κ1) is 17.3. The zero-order valence-corrected chi connectivity index (χ0v) is 12.3. The molecule has 0 aliphatic rings. The minimum Gasteiger partial charge on any atom is -0.490 e. The SMILES string of the molecule is C=CCCC(CCC=C)Oc1ccc(N)cc1.CC. The number of benzene rings is 1. The average Bonchev–Trinajstić information content (AvgIpc) is 2.46. The van der Waals surface area contributed by atoms with E-state index < -0.39 is 0 Å². The Labute approximate surface area is 118 Å². The van der Waals surface area contributed by atoms with Crippen molar-refractivity contribution in [1.82, 2.24) is 0 Å². The van der Waals surface area contributed by atoms with Gasteiger partial charge < -0.3 is 10.5 Å². The van der Waals surface area contributed by atoms with Gasteiger partial charge in [0.15, 0.2) is 0 Å². The molecule has 2 N–H and O–H groups in total. The lowest BCUT2D eigenvalue weighted by Gasteiger charge is -2.18. The van der Waals surface area contributed by atoms with Crippen molar-refractivity contribution in [2.75, 3.05) is 5.73 Å². The summed E-state index contributed by atoms with van der Waals surface area (Å²) in [5, 5.41) is 0. The van der Waals surface area contributed by atoms with Gasteiger partial charge in [0.05, 0.1) is 6.10 Å². The van der Waals surface area contributed by atoms with Crippen LogP contribution in [0.5, 0.6) is 5.75 Å². The topological polar surface area (TPSA) is 35.2 Å². The van der Waals surface area contributed by atoms with Crippen molar-refractivity contribution in [3.8, 4) is 5.75 Å². The zero-order chi connectivity index (χ0) is 14.5. The number of rotatable bonds is 8. The monoisotopic (exact) mass is 261 g/mol. The van der Waals surface area contributed by atoms with E-state index in [0.717, 1.165) is 37.1 Å². The number of hydrogen-bond acceptors (Lipinski definition) is 2. The van der Waals surface area contributed by atoms with Gasteiger partial charge in [-0.3, -0.25) is 0 Å². The summed E-state index contributed by atoms with van der Waals surface area (Å²) in [7, 11) is 0. The first-order valence-electron chi connectivity index (χ1n) is 7.00. The van der Waals surface area contributed by atoms with Crippen LogP contribution in [0.25, 0.3) is 0 Å². The Morgan fingerprint density at radius 2 is 1.53 bits per heavy atom. The summed E-state index contributed by atoms with van der Waals surface area (Å²) in [6.07, 6.45) is 7.98. The van der Waals surface area contributed by atoms with Crippen LogP contribution >= 0.6 is 0 Å². The second kappa shape index (κ2) is 11.4. The fourth-order valence-electron chi connectivity index (χ4n) is 1.61. The van der Waals surface area contributed by atoms with Gasteiger partial charge >= 0.3 is 0 Å². The van der Waals surface area contributed by atoms with Crippen molar-refractivity contribution in [3.05, 3.63) is 49.6 Å². The third-order valence-electron chi connectivity index (χ3n) is 2.57. The number of allylic oxidation sites excluding steroid dienone is 2. The molecule has 0 atom stereocenters. The van der Waals surface area contributed by atoms with Crippen LogP contribution in [-0.2, 0) is 0 Å². The molecule has 0 spiro atoms. The predicted octanol–water partition coefficient (Wildman–Crippen LogP) is 4.97. The summed E-state index contributed by atoms with van der Waals surface area (Å²) in [4.78, 5) is 0. The molecule has 0 saturated carbocycles. The lowest BCUT2D eigenvalue weighted by atomic mass is 10.1. The quantitative estimate of drug-likeness (QED) is 0.529. The van der Waals surface area contributed by atoms with E-state index in [-0.39, 0.29) is 6.10 Å². The van der Waals surface area contributed by atoms with Crippen LogP contribution < -0.4 is 10.5 Å². The van der Waals surface area contributed by atoms with Crippen LogP contribution in [0.1, 0.15) is 39.5 Å². The fourth-order valence-corrected chi connectivity index (χ4v) is 1.61. The van der Waals surface area contributed by atoms with Gasteiger partial charge in [-0.1, -0.05) is 26.0 Å². The van der Waals surface area contributed by atoms with E-state index in [1.807, 2.05) is 50.3 Å². The largest absolute Gasteiger partial charge is 0.490 e. The molecule has 1 aromatic carbocycles. The minimum atomic E-state index is 0.217. The summed E-state index contributed by atoms with van der Waals surface area (Å²) in [6.45, 7) is 11.5. The van der Waals surface area contributed by atoms with Crippen molar-refractivity contribution in [2.24, 2.45) is 0 Å². The van der Waals surface area contributed by atoms with E-state index in [1.165, 1.54) is 0 Å². The van der Waals surface area contributed by atoms with Crippen LogP contribution in [0.4, 0.5) is 5.69 Å². The summed E-state index contributed by atoms with van der Waals surface area (Å²) in [5.74, 6) is 0.873. The Bertz CT molecular complexity index is 331. The van der Waals surface area contributed by atoms with Crippen molar-refractivity contribution in [3.63, 3.8) is 0 Å². The lowest BCUT2D eigenvalue weighted by Crippen LogP contribution is -2.16. The molecule has 0 aliphatic heterocycles. The Morgan fingerprint density at radius 1 is 1.05 bits per heavy atom. The van der Waals surface area contributed by atoms with Crippen LogP contribution in [-0.4, -0.2) is 6.10 Å². The van der Waals surface area contributed by atoms with Gasteiger partial charge in [0.1, 0.15) is 5.75 Å².